The van der Waals surface area contributed by atoms with Gasteiger partial charge in [0.1, 0.15) is 0 Å². The Labute approximate surface area is 96.5 Å². The van der Waals surface area contributed by atoms with E-state index in [-0.39, 0.29) is 0 Å². The molecule has 0 saturated carbocycles. The molecule has 0 amide bonds. The third-order valence-electron chi connectivity index (χ3n) is 2.50. The van der Waals surface area contributed by atoms with Gasteiger partial charge in [0, 0.05) is 0 Å². The van der Waals surface area contributed by atoms with Gasteiger partial charge in [-0.15, -0.1) is 0 Å². The highest BCUT2D eigenvalue weighted by atomic mass is 13.9. The predicted molar refractivity (Wildman–Crippen MR) is 71.2 cm³/mol. The van der Waals surface area contributed by atoms with Gasteiger partial charge in [0.15, 0.2) is 0 Å². The van der Waals surface area contributed by atoms with Gasteiger partial charge in [-0.3, -0.25) is 0 Å². The molecule has 0 nitrogen and oxygen atoms in total. The van der Waals surface area contributed by atoms with Crippen LogP contribution in [0.2, 0.25) is 0 Å². The first-order valence-electron chi connectivity index (χ1n) is 6.71. The van der Waals surface area contributed by atoms with Gasteiger partial charge in [0.25, 0.3) is 0 Å². The van der Waals surface area contributed by atoms with Crippen LogP contribution in [0.5, 0.6) is 0 Å². The fourth-order valence-corrected chi connectivity index (χ4v) is 1.48. The largest absolute Gasteiger partial charge is 0.0885 e. The lowest BCUT2D eigenvalue weighted by molar-refractivity contribution is 0.754. The van der Waals surface area contributed by atoms with Crippen molar-refractivity contribution in [2.24, 2.45) is 0 Å². The van der Waals surface area contributed by atoms with Crippen molar-refractivity contribution in [3.05, 3.63) is 24.3 Å². The highest BCUT2D eigenvalue weighted by Gasteiger charge is 1.84. The summed E-state index contributed by atoms with van der Waals surface area (Å²) in [6.07, 6.45) is 21.0. The minimum absolute atomic E-state index is 1.25. The van der Waals surface area contributed by atoms with E-state index in [0.29, 0.717) is 0 Å². The van der Waals surface area contributed by atoms with Crippen LogP contribution in [-0.2, 0) is 0 Å². The van der Waals surface area contributed by atoms with E-state index in [2.05, 4.69) is 38.2 Å². The van der Waals surface area contributed by atoms with Gasteiger partial charge in [0.2, 0.25) is 0 Å². The number of allylic oxidation sites excluding steroid dienone is 4. The van der Waals surface area contributed by atoms with E-state index in [1.54, 1.807) is 0 Å². The Hall–Kier alpha value is -0.520. The van der Waals surface area contributed by atoms with Crippen molar-refractivity contribution >= 4 is 0 Å². The zero-order valence-electron chi connectivity index (χ0n) is 10.7. The van der Waals surface area contributed by atoms with Gasteiger partial charge in [-0.2, -0.15) is 0 Å². The summed E-state index contributed by atoms with van der Waals surface area (Å²) in [5, 5.41) is 0. The Bertz CT molecular complexity index is 153. The molecular formula is C15H28. The van der Waals surface area contributed by atoms with Crippen LogP contribution in [0.3, 0.4) is 0 Å². The van der Waals surface area contributed by atoms with Crippen molar-refractivity contribution in [2.75, 3.05) is 0 Å². The normalized spacial score (nSPS) is 11.9. The maximum absolute atomic E-state index is 2.35. The van der Waals surface area contributed by atoms with E-state index in [1.807, 2.05) is 0 Å². The van der Waals surface area contributed by atoms with E-state index >= 15 is 0 Å². The molecule has 0 heterocycles. The summed E-state index contributed by atoms with van der Waals surface area (Å²) in [6, 6.07) is 0. The first kappa shape index (κ1) is 14.5. The number of hydrogen-bond acceptors (Lipinski definition) is 0. The number of rotatable bonds is 10. The quantitative estimate of drug-likeness (QED) is 0.321. The van der Waals surface area contributed by atoms with Crippen LogP contribution in [0.4, 0.5) is 0 Å². The summed E-state index contributed by atoms with van der Waals surface area (Å²) in [5.41, 5.74) is 0. The monoisotopic (exact) mass is 208 g/mol. The highest BCUT2D eigenvalue weighted by Crippen LogP contribution is 2.04. The van der Waals surface area contributed by atoms with Gasteiger partial charge >= 0.3 is 0 Å². The molecule has 0 aliphatic rings. The predicted octanol–water partition coefficient (Wildman–Crippen LogP) is 5.65. The maximum Gasteiger partial charge on any atom is -0.0351 e. The molecule has 0 heteroatoms. The Kier molecular flexibility index (Phi) is 13.0. The Morgan fingerprint density at radius 2 is 1.00 bits per heavy atom. The average molecular weight is 208 g/mol. The second-order valence-corrected chi connectivity index (χ2v) is 4.16. The smallest absolute Gasteiger partial charge is 0.0351 e. The first-order valence-corrected chi connectivity index (χ1v) is 6.71. The summed E-state index contributed by atoms with van der Waals surface area (Å²) >= 11 is 0. The minimum atomic E-state index is 1.25. The van der Waals surface area contributed by atoms with Gasteiger partial charge < -0.3 is 0 Å². The van der Waals surface area contributed by atoms with Crippen LogP contribution in [0, 0.1) is 0 Å². The molecule has 88 valence electrons. The SMILES string of the molecule is CCCC=CCCCCC=CCCCC. The second-order valence-electron chi connectivity index (χ2n) is 4.16. The molecule has 0 N–H and O–H groups in total. The number of unbranched alkanes of at least 4 members (excludes halogenated alkanes) is 6. The van der Waals surface area contributed by atoms with Gasteiger partial charge in [-0.1, -0.05) is 57.4 Å². The molecule has 0 radical (unpaired) electrons. The highest BCUT2D eigenvalue weighted by molar-refractivity contribution is 4.83. The molecule has 0 rings (SSSR count). The van der Waals surface area contributed by atoms with Gasteiger partial charge in [-0.05, 0) is 38.5 Å². The van der Waals surface area contributed by atoms with Crippen LogP contribution < -0.4 is 0 Å². The fraction of sp³-hybridized carbons (Fsp3) is 0.733. The molecule has 0 saturated heterocycles. The van der Waals surface area contributed by atoms with E-state index in [9.17, 15) is 0 Å². The molecule has 0 spiro atoms. The molecule has 0 bridgehead atoms. The van der Waals surface area contributed by atoms with Crippen molar-refractivity contribution in [2.45, 2.75) is 71.6 Å². The van der Waals surface area contributed by atoms with Crippen LogP contribution in [0.25, 0.3) is 0 Å². The van der Waals surface area contributed by atoms with E-state index < -0.39 is 0 Å². The lowest BCUT2D eigenvalue weighted by atomic mass is 10.1. The van der Waals surface area contributed by atoms with Crippen molar-refractivity contribution in [3.63, 3.8) is 0 Å². The van der Waals surface area contributed by atoms with Gasteiger partial charge in [-0.25, -0.2) is 0 Å². The standard InChI is InChI=1S/C15H28/c1-3-5-7-9-11-13-15-14-12-10-8-6-4-2/h7,9-10,12H,3-6,8,11,13-15H2,1-2H3. The van der Waals surface area contributed by atoms with Crippen molar-refractivity contribution in [3.8, 4) is 0 Å². The summed E-state index contributed by atoms with van der Waals surface area (Å²) < 4.78 is 0. The maximum atomic E-state index is 2.35. The molecule has 0 aromatic carbocycles. The molecular weight excluding hydrogens is 180 g/mol. The Balaban J connectivity index is 3.07. The van der Waals surface area contributed by atoms with Crippen LogP contribution in [0.1, 0.15) is 71.6 Å². The summed E-state index contributed by atoms with van der Waals surface area (Å²) in [6.45, 7) is 4.47. The number of hydrogen-bond donors (Lipinski definition) is 0. The van der Waals surface area contributed by atoms with Crippen molar-refractivity contribution in [1.29, 1.82) is 0 Å². The van der Waals surface area contributed by atoms with Crippen LogP contribution in [0.15, 0.2) is 24.3 Å². The molecule has 0 aliphatic heterocycles. The molecule has 0 atom stereocenters. The molecule has 0 aromatic heterocycles. The van der Waals surface area contributed by atoms with Crippen molar-refractivity contribution in [1.82, 2.24) is 0 Å². The van der Waals surface area contributed by atoms with Gasteiger partial charge in [0.05, 0.1) is 0 Å². The topological polar surface area (TPSA) is 0 Å². The zero-order chi connectivity index (χ0) is 11.2. The molecule has 0 fully saturated rings. The molecule has 0 unspecified atom stereocenters. The van der Waals surface area contributed by atoms with E-state index in [1.165, 1.54) is 57.8 Å². The third-order valence-corrected chi connectivity index (χ3v) is 2.50. The molecule has 0 aromatic rings. The lowest BCUT2D eigenvalue weighted by Crippen LogP contribution is -1.73. The van der Waals surface area contributed by atoms with Crippen LogP contribution in [-0.4, -0.2) is 0 Å². The van der Waals surface area contributed by atoms with E-state index in [0.717, 1.165) is 0 Å². The average Bonchev–Trinajstić information content (AvgIpc) is 2.26. The Morgan fingerprint density at radius 3 is 1.47 bits per heavy atom. The molecule has 0 aliphatic carbocycles. The van der Waals surface area contributed by atoms with E-state index in [4.69, 9.17) is 0 Å². The first-order chi connectivity index (χ1) is 7.41. The second kappa shape index (κ2) is 13.5. The third kappa shape index (κ3) is 13.5. The summed E-state index contributed by atoms with van der Waals surface area (Å²) in [7, 11) is 0. The Morgan fingerprint density at radius 1 is 0.533 bits per heavy atom. The fourth-order valence-electron chi connectivity index (χ4n) is 1.48. The lowest BCUT2D eigenvalue weighted by Gasteiger charge is -1.93. The molecule has 15 heavy (non-hydrogen) atoms. The van der Waals surface area contributed by atoms with Crippen LogP contribution >= 0.6 is 0 Å². The minimum Gasteiger partial charge on any atom is -0.0885 e. The summed E-state index contributed by atoms with van der Waals surface area (Å²) in [4.78, 5) is 0. The summed E-state index contributed by atoms with van der Waals surface area (Å²) in [5.74, 6) is 0. The van der Waals surface area contributed by atoms with Crippen molar-refractivity contribution < 1.29 is 0 Å². The zero-order valence-corrected chi connectivity index (χ0v) is 10.7.